The normalized spacial score (nSPS) is 17.0. The Bertz CT molecular complexity index is 1450. The highest BCUT2D eigenvalue weighted by Gasteiger charge is 2.64. The quantitative estimate of drug-likeness (QED) is 0.255. The number of halogens is 7. The number of hydrogen-bond acceptors (Lipinski definition) is 4. The number of hydrogen-bond donors (Lipinski definition) is 1. The summed E-state index contributed by atoms with van der Waals surface area (Å²) < 4.78 is 109. The van der Waals surface area contributed by atoms with Crippen LogP contribution in [-0.4, -0.2) is 19.6 Å². The minimum atomic E-state index is -4.69. The summed E-state index contributed by atoms with van der Waals surface area (Å²) in [5.41, 5.74) is -2.50. The minimum absolute atomic E-state index is 0.00402. The zero-order valence-corrected chi connectivity index (χ0v) is 21.1. The molecule has 13 heteroatoms. The average Bonchev–Trinajstić information content (AvgIpc) is 3.62. The molecule has 0 unspecified atom stereocenters. The van der Waals surface area contributed by atoms with Crippen molar-refractivity contribution < 1.29 is 34.8 Å². The summed E-state index contributed by atoms with van der Waals surface area (Å²) in [5.74, 6) is -0.138. The number of benzene rings is 2. The van der Waals surface area contributed by atoms with Crippen LogP contribution in [0.15, 0.2) is 59.5 Å². The van der Waals surface area contributed by atoms with Crippen LogP contribution in [0.5, 0.6) is 0 Å². The zero-order chi connectivity index (χ0) is 26.1. The molecular weight excluding hydrogens is 623 g/mol. The molecule has 1 aliphatic heterocycles. The van der Waals surface area contributed by atoms with Gasteiger partial charge in [0.25, 0.3) is 10.0 Å². The summed E-state index contributed by atoms with van der Waals surface area (Å²) in [6.07, 6.45) is -9.25. The molecule has 5 nitrogen and oxygen atoms in total. The Morgan fingerprint density at radius 3 is 2.19 bits per heavy atom. The molecule has 1 aromatic heterocycles. The van der Waals surface area contributed by atoms with Crippen molar-refractivity contribution in [3.8, 4) is 0 Å². The highest BCUT2D eigenvalue weighted by molar-refractivity contribution is 14.1. The number of sulfonamides is 1. The molecule has 36 heavy (non-hydrogen) atoms. The van der Waals surface area contributed by atoms with Crippen LogP contribution < -0.4 is 9.62 Å². The molecule has 5 rings (SSSR count). The summed E-state index contributed by atoms with van der Waals surface area (Å²) >= 11 is 1.97. The smallest absolute Gasteiger partial charge is 0.338 e. The number of pyridine rings is 1. The molecule has 3 aromatic rings. The molecule has 1 saturated carbocycles. The number of rotatable bonds is 3. The van der Waals surface area contributed by atoms with Gasteiger partial charge in [0.2, 0.25) is 0 Å². The van der Waals surface area contributed by atoms with Crippen molar-refractivity contribution in [3.05, 3.63) is 75.0 Å². The maximum absolute atomic E-state index is 13.7. The van der Waals surface area contributed by atoms with Crippen LogP contribution in [0.4, 0.5) is 43.5 Å². The number of anilines is 3. The first kappa shape index (κ1) is 25.1. The average molecular weight is 639 g/mol. The van der Waals surface area contributed by atoms with E-state index in [1.54, 1.807) is 12.1 Å². The summed E-state index contributed by atoms with van der Waals surface area (Å²) in [5, 5.41) is 2.80. The molecule has 1 aliphatic carbocycles. The Hall–Kier alpha value is -2.55. The van der Waals surface area contributed by atoms with Gasteiger partial charge in [-0.05, 0) is 77.4 Å². The molecular formula is C23H16F6IN3O2S. The number of alkyl halides is 6. The molecule has 0 saturated heterocycles. The monoisotopic (exact) mass is 639 g/mol. The first-order valence-electron chi connectivity index (χ1n) is 10.6. The fourth-order valence-corrected chi connectivity index (χ4v) is 6.14. The summed E-state index contributed by atoms with van der Waals surface area (Å²) in [6, 6.07) is 11.3. The van der Waals surface area contributed by atoms with Gasteiger partial charge in [-0.1, -0.05) is 18.2 Å². The molecule has 0 spiro atoms. The second kappa shape index (κ2) is 8.23. The Morgan fingerprint density at radius 2 is 1.61 bits per heavy atom. The van der Waals surface area contributed by atoms with Gasteiger partial charge in [0, 0.05) is 9.13 Å². The van der Waals surface area contributed by atoms with Crippen LogP contribution in [0, 0.1) is 3.57 Å². The lowest BCUT2D eigenvalue weighted by Gasteiger charge is -2.25. The molecule has 2 aliphatic rings. The predicted molar refractivity (Wildman–Crippen MR) is 128 cm³/mol. The summed E-state index contributed by atoms with van der Waals surface area (Å²) in [6.45, 7) is -0.336. The maximum atomic E-state index is 13.7. The third-order valence-electron chi connectivity index (χ3n) is 6.35. The van der Waals surface area contributed by atoms with Crippen LogP contribution in [0.3, 0.4) is 0 Å². The van der Waals surface area contributed by atoms with E-state index in [9.17, 15) is 34.8 Å². The minimum Gasteiger partial charge on any atom is -0.338 e. The van der Waals surface area contributed by atoms with E-state index < -0.39 is 33.5 Å². The molecule has 0 radical (unpaired) electrons. The van der Waals surface area contributed by atoms with Gasteiger partial charge in [-0.25, -0.2) is 13.4 Å². The molecule has 0 atom stereocenters. The third-order valence-corrected chi connectivity index (χ3v) is 8.80. The topological polar surface area (TPSA) is 62.3 Å². The van der Waals surface area contributed by atoms with E-state index in [4.69, 9.17) is 0 Å². The highest BCUT2D eigenvalue weighted by atomic mass is 127. The SMILES string of the molecule is O=S(=O)(c1ccc(C2(C(F)(F)F)CC2)cc1)N1Cc2ccc(C(F)(F)F)nc2Nc2ccc(I)cc21. The third kappa shape index (κ3) is 4.19. The number of aromatic nitrogens is 1. The molecule has 1 fully saturated rings. The maximum Gasteiger partial charge on any atom is 0.433 e. The van der Waals surface area contributed by atoms with E-state index in [1.807, 2.05) is 22.6 Å². The van der Waals surface area contributed by atoms with E-state index in [0.717, 1.165) is 28.6 Å². The fraction of sp³-hybridized carbons (Fsp3) is 0.261. The second-order valence-corrected chi connectivity index (χ2v) is 11.7. The van der Waals surface area contributed by atoms with Gasteiger partial charge in [-0.2, -0.15) is 26.3 Å². The number of nitrogens with one attached hydrogen (secondary N) is 1. The zero-order valence-electron chi connectivity index (χ0n) is 18.1. The van der Waals surface area contributed by atoms with Crippen molar-refractivity contribution >= 4 is 49.8 Å². The van der Waals surface area contributed by atoms with Crippen molar-refractivity contribution in [1.82, 2.24) is 4.98 Å². The van der Waals surface area contributed by atoms with Gasteiger partial charge >= 0.3 is 12.4 Å². The van der Waals surface area contributed by atoms with Gasteiger partial charge < -0.3 is 5.32 Å². The van der Waals surface area contributed by atoms with Crippen molar-refractivity contribution in [2.75, 3.05) is 9.62 Å². The van der Waals surface area contributed by atoms with Crippen LogP contribution >= 0.6 is 22.6 Å². The van der Waals surface area contributed by atoms with Crippen molar-refractivity contribution in [2.45, 2.75) is 42.0 Å². The second-order valence-electron chi connectivity index (χ2n) is 8.60. The summed E-state index contributed by atoms with van der Waals surface area (Å²) in [7, 11) is -4.32. The van der Waals surface area contributed by atoms with E-state index in [0.29, 0.717) is 3.57 Å². The molecule has 0 amide bonds. The lowest BCUT2D eigenvalue weighted by molar-refractivity contribution is -0.160. The van der Waals surface area contributed by atoms with Crippen LogP contribution in [-0.2, 0) is 28.2 Å². The Labute approximate surface area is 215 Å². The molecule has 0 bridgehead atoms. The van der Waals surface area contributed by atoms with Crippen molar-refractivity contribution in [3.63, 3.8) is 0 Å². The standard InChI is InChI=1S/C23H16F6IN3O2S/c24-22(25,26)19-8-1-13-12-33(18-11-15(30)4-7-17(18)31-20(13)32-19)36(34,35)16-5-2-14(3-6-16)21(9-10-21)23(27,28)29/h1-8,11H,9-10,12H2,(H,31,32). The van der Waals surface area contributed by atoms with E-state index in [-0.39, 0.29) is 52.6 Å². The Kier molecular flexibility index (Phi) is 5.74. The van der Waals surface area contributed by atoms with E-state index in [1.165, 1.54) is 18.2 Å². The van der Waals surface area contributed by atoms with Gasteiger partial charge in [-0.3, -0.25) is 4.31 Å². The molecule has 2 aromatic carbocycles. The van der Waals surface area contributed by atoms with E-state index >= 15 is 0 Å². The predicted octanol–water partition coefficient (Wildman–Crippen LogP) is 6.75. The lowest BCUT2D eigenvalue weighted by atomic mass is 9.95. The fourth-order valence-electron chi connectivity index (χ4n) is 4.21. The van der Waals surface area contributed by atoms with Crippen LogP contribution in [0.2, 0.25) is 0 Å². The van der Waals surface area contributed by atoms with Crippen LogP contribution in [0.25, 0.3) is 0 Å². The van der Waals surface area contributed by atoms with Gasteiger partial charge in [0.15, 0.2) is 0 Å². The Balaban J connectivity index is 1.58. The van der Waals surface area contributed by atoms with Gasteiger partial charge in [0.1, 0.15) is 11.5 Å². The van der Waals surface area contributed by atoms with Gasteiger partial charge in [0.05, 0.1) is 28.2 Å². The molecule has 2 heterocycles. The first-order valence-corrected chi connectivity index (χ1v) is 13.1. The van der Waals surface area contributed by atoms with Crippen LogP contribution in [0.1, 0.15) is 29.7 Å². The molecule has 1 N–H and O–H groups in total. The number of nitrogens with zero attached hydrogens (tertiary/aromatic N) is 2. The largest absolute Gasteiger partial charge is 0.433 e. The van der Waals surface area contributed by atoms with E-state index in [2.05, 4.69) is 10.3 Å². The lowest BCUT2D eigenvalue weighted by Crippen LogP contribution is -2.31. The Morgan fingerprint density at radius 1 is 0.944 bits per heavy atom. The molecule has 190 valence electrons. The summed E-state index contributed by atoms with van der Waals surface area (Å²) in [4.78, 5) is 3.42. The first-order chi connectivity index (χ1) is 16.7. The number of fused-ring (bicyclic) bond motifs is 2. The van der Waals surface area contributed by atoms with Crippen molar-refractivity contribution in [1.29, 1.82) is 0 Å². The van der Waals surface area contributed by atoms with Gasteiger partial charge in [-0.15, -0.1) is 0 Å². The van der Waals surface area contributed by atoms with Crippen molar-refractivity contribution in [2.24, 2.45) is 0 Å². The highest BCUT2D eigenvalue weighted by Crippen LogP contribution is 2.59.